The number of fused-ring (bicyclic) bond motifs is 1. The second-order valence-corrected chi connectivity index (χ2v) is 11.0. The van der Waals surface area contributed by atoms with Gasteiger partial charge in [0.2, 0.25) is 5.91 Å². The molecular formula is C29H35F3N2O7. The van der Waals surface area contributed by atoms with E-state index in [4.69, 9.17) is 14.6 Å². The predicted octanol–water partition coefficient (Wildman–Crippen LogP) is 5.89. The summed E-state index contributed by atoms with van der Waals surface area (Å²) in [6.45, 7) is 8.40. The van der Waals surface area contributed by atoms with E-state index in [0.717, 1.165) is 10.5 Å². The molecule has 2 aromatic carbocycles. The van der Waals surface area contributed by atoms with Gasteiger partial charge in [0.05, 0.1) is 6.42 Å². The summed E-state index contributed by atoms with van der Waals surface area (Å²) in [5.41, 5.74) is 1.56. The number of hydrogen-bond donors (Lipinski definition) is 1. The van der Waals surface area contributed by atoms with E-state index in [1.807, 2.05) is 0 Å². The van der Waals surface area contributed by atoms with Gasteiger partial charge in [0, 0.05) is 18.8 Å². The van der Waals surface area contributed by atoms with Crippen molar-refractivity contribution < 1.29 is 46.9 Å². The monoisotopic (exact) mass is 580 g/mol. The Bertz CT molecular complexity index is 1270. The van der Waals surface area contributed by atoms with E-state index in [2.05, 4.69) is 4.74 Å². The number of carbonyl (C=O) groups is 3. The molecular weight excluding hydrogens is 545 g/mol. The topological polar surface area (TPSA) is 106 Å². The highest BCUT2D eigenvalue weighted by Crippen LogP contribution is 2.34. The van der Waals surface area contributed by atoms with Crippen LogP contribution in [0, 0.1) is 0 Å². The van der Waals surface area contributed by atoms with Gasteiger partial charge in [-0.05, 0) is 74.1 Å². The van der Waals surface area contributed by atoms with E-state index < -0.39 is 29.9 Å². The molecule has 0 radical (unpaired) electrons. The highest BCUT2D eigenvalue weighted by molar-refractivity contribution is 5.98. The van der Waals surface area contributed by atoms with Crippen molar-refractivity contribution in [3.8, 4) is 11.5 Å². The Labute approximate surface area is 236 Å². The largest absolute Gasteiger partial charge is 0.573 e. The third-order valence-electron chi connectivity index (χ3n) is 6.15. The molecule has 1 N–H and O–H groups in total. The second-order valence-electron chi connectivity index (χ2n) is 11.0. The number of alkyl halides is 3. The summed E-state index contributed by atoms with van der Waals surface area (Å²) in [7, 11) is 0. The quantitative estimate of drug-likeness (QED) is 0.374. The van der Waals surface area contributed by atoms with E-state index >= 15 is 0 Å². The van der Waals surface area contributed by atoms with Gasteiger partial charge in [-0.2, -0.15) is 0 Å². The third kappa shape index (κ3) is 9.29. The molecule has 41 heavy (non-hydrogen) atoms. The van der Waals surface area contributed by atoms with E-state index in [1.54, 1.807) is 65.0 Å². The number of benzene rings is 2. The van der Waals surface area contributed by atoms with Gasteiger partial charge < -0.3 is 24.2 Å². The maximum absolute atomic E-state index is 13.1. The fourth-order valence-electron chi connectivity index (χ4n) is 4.29. The molecule has 0 atom stereocenters. The van der Waals surface area contributed by atoms with E-state index in [9.17, 15) is 27.6 Å². The summed E-state index contributed by atoms with van der Waals surface area (Å²) >= 11 is 0. The molecule has 1 aliphatic heterocycles. The smallest absolute Gasteiger partial charge is 0.489 e. The number of anilines is 1. The van der Waals surface area contributed by atoms with Crippen molar-refractivity contribution in [3.05, 3.63) is 53.1 Å². The number of carbonyl (C=O) groups excluding carboxylic acids is 2. The van der Waals surface area contributed by atoms with Gasteiger partial charge in [-0.1, -0.05) is 26.0 Å². The Morgan fingerprint density at radius 1 is 1.07 bits per heavy atom. The zero-order chi connectivity index (χ0) is 30.5. The summed E-state index contributed by atoms with van der Waals surface area (Å²) < 4.78 is 54.1. The lowest BCUT2D eigenvalue weighted by atomic mass is 10.0. The molecule has 3 rings (SSSR count). The molecule has 0 saturated heterocycles. The normalized spacial score (nSPS) is 13.1. The number of aliphatic carboxylic acids is 1. The molecule has 1 heterocycles. The zero-order valence-corrected chi connectivity index (χ0v) is 23.7. The van der Waals surface area contributed by atoms with Crippen LogP contribution < -0.4 is 14.4 Å². The van der Waals surface area contributed by atoms with Crippen molar-refractivity contribution >= 4 is 23.7 Å². The van der Waals surface area contributed by atoms with Crippen LogP contribution in [-0.2, 0) is 27.4 Å². The van der Waals surface area contributed by atoms with Crippen LogP contribution in [0.3, 0.4) is 0 Å². The maximum atomic E-state index is 13.1. The van der Waals surface area contributed by atoms with E-state index in [0.29, 0.717) is 35.5 Å². The van der Waals surface area contributed by atoms with E-state index in [-0.39, 0.29) is 37.8 Å². The van der Waals surface area contributed by atoms with Crippen LogP contribution in [0.15, 0.2) is 36.4 Å². The van der Waals surface area contributed by atoms with Crippen molar-refractivity contribution in [3.63, 3.8) is 0 Å². The SMILES string of the molecule is CC(C)c1ccc(COc2ccc3c(c2)CCN3C(=O)CN(CCC(=O)O)C(=O)OC(C)(C)C)cc1OC(F)(F)F. The first-order valence-corrected chi connectivity index (χ1v) is 13.2. The van der Waals surface area contributed by atoms with Gasteiger partial charge in [0.1, 0.15) is 30.3 Å². The number of carboxylic acid groups (broad SMARTS) is 1. The van der Waals surface area contributed by atoms with Crippen LogP contribution in [0.2, 0.25) is 0 Å². The first kappa shape index (κ1) is 31.6. The molecule has 0 spiro atoms. The lowest BCUT2D eigenvalue weighted by Crippen LogP contribution is -2.45. The Balaban J connectivity index is 1.69. The highest BCUT2D eigenvalue weighted by Gasteiger charge is 2.33. The van der Waals surface area contributed by atoms with Crippen LogP contribution >= 0.6 is 0 Å². The molecule has 224 valence electrons. The van der Waals surface area contributed by atoms with E-state index in [1.165, 1.54) is 11.0 Å². The molecule has 2 aromatic rings. The van der Waals surface area contributed by atoms with Crippen molar-refractivity contribution in [2.75, 3.05) is 24.5 Å². The lowest BCUT2D eigenvalue weighted by Gasteiger charge is -2.28. The number of amides is 2. The minimum Gasteiger partial charge on any atom is -0.489 e. The molecule has 0 bridgehead atoms. The Morgan fingerprint density at radius 3 is 2.39 bits per heavy atom. The molecule has 12 heteroatoms. The Morgan fingerprint density at radius 2 is 1.78 bits per heavy atom. The number of carboxylic acids is 1. The number of rotatable bonds is 10. The van der Waals surface area contributed by atoms with Gasteiger partial charge in [-0.3, -0.25) is 14.5 Å². The first-order valence-electron chi connectivity index (χ1n) is 13.2. The molecule has 0 unspecified atom stereocenters. The minimum absolute atomic E-state index is 0.00243. The maximum Gasteiger partial charge on any atom is 0.573 e. The number of nitrogens with zero attached hydrogens (tertiary/aromatic N) is 2. The highest BCUT2D eigenvalue weighted by atomic mass is 19.4. The van der Waals surface area contributed by atoms with Gasteiger partial charge in [-0.15, -0.1) is 13.2 Å². The fraction of sp³-hybridized carbons (Fsp3) is 0.483. The molecule has 0 aliphatic carbocycles. The number of ether oxygens (including phenoxy) is 3. The van der Waals surface area contributed by atoms with Gasteiger partial charge in [0.15, 0.2) is 0 Å². The molecule has 1 aliphatic rings. The molecule has 9 nitrogen and oxygen atoms in total. The average Bonchev–Trinajstić information content (AvgIpc) is 3.26. The summed E-state index contributed by atoms with van der Waals surface area (Å²) in [5, 5.41) is 9.05. The Kier molecular flexibility index (Phi) is 9.77. The number of hydrogen-bond acceptors (Lipinski definition) is 6. The summed E-state index contributed by atoms with van der Waals surface area (Å²) in [6.07, 6.45) is -5.41. The standard InChI is InChI=1S/C29H35F3N2O7/c1-18(2)22-8-6-19(14-24(22)40-29(30,31)32)17-39-21-7-9-23-20(15-21)10-13-34(23)25(35)16-33(12-11-26(36)37)27(38)41-28(3,4)5/h6-9,14-15,18H,10-13,16-17H2,1-5H3,(H,36,37). The van der Waals surface area contributed by atoms with Crippen LogP contribution in [0.5, 0.6) is 11.5 Å². The van der Waals surface area contributed by atoms with Crippen molar-refractivity contribution in [1.82, 2.24) is 4.90 Å². The van der Waals surface area contributed by atoms with Gasteiger partial charge in [0.25, 0.3) is 0 Å². The van der Waals surface area contributed by atoms with Gasteiger partial charge >= 0.3 is 18.4 Å². The summed E-state index contributed by atoms with van der Waals surface area (Å²) in [4.78, 5) is 39.4. The predicted molar refractivity (Wildman–Crippen MR) is 144 cm³/mol. The fourth-order valence-corrected chi connectivity index (χ4v) is 4.29. The minimum atomic E-state index is -4.81. The van der Waals surface area contributed by atoms with Crippen LogP contribution in [0.25, 0.3) is 0 Å². The van der Waals surface area contributed by atoms with Crippen molar-refractivity contribution in [2.24, 2.45) is 0 Å². The van der Waals surface area contributed by atoms with Crippen LogP contribution in [0.4, 0.5) is 23.7 Å². The summed E-state index contributed by atoms with van der Waals surface area (Å²) in [6, 6.07) is 9.70. The van der Waals surface area contributed by atoms with Crippen molar-refractivity contribution in [1.29, 1.82) is 0 Å². The first-order chi connectivity index (χ1) is 19.0. The molecule has 0 fully saturated rings. The Hall–Kier alpha value is -3.96. The molecule has 0 aromatic heterocycles. The van der Waals surface area contributed by atoms with Crippen LogP contribution in [0.1, 0.15) is 63.6 Å². The van der Waals surface area contributed by atoms with Gasteiger partial charge in [-0.25, -0.2) is 4.79 Å². The lowest BCUT2D eigenvalue weighted by molar-refractivity contribution is -0.275. The molecule has 0 saturated carbocycles. The molecule has 2 amide bonds. The van der Waals surface area contributed by atoms with Crippen molar-refractivity contribution in [2.45, 2.75) is 71.9 Å². The zero-order valence-electron chi connectivity index (χ0n) is 23.7. The number of halogens is 3. The summed E-state index contributed by atoms with van der Waals surface area (Å²) in [5.74, 6) is -1.46. The third-order valence-corrected chi connectivity index (χ3v) is 6.15. The van der Waals surface area contributed by atoms with Crippen LogP contribution in [-0.4, -0.2) is 59.6 Å². The second kappa shape index (κ2) is 12.7. The average molecular weight is 581 g/mol.